The summed E-state index contributed by atoms with van der Waals surface area (Å²) in [6.07, 6.45) is -2.33. The zero-order valence-electron chi connectivity index (χ0n) is 9.75. The van der Waals surface area contributed by atoms with E-state index in [1.165, 1.54) is 24.3 Å². The second kappa shape index (κ2) is 12.7. The minimum atomic E-state index is -2.33. The van der Waals surface area contributed by atoms with Crippen molar-refractivity contribution in [3.8, 4) is 0 Å². The Hall–Kier alpha value is 0.703. The molecular formula is C9H6K2O7. The van der Waals surface area contributed by atoms with Crippen LogP contribution in [0.5, 0.6) is 0 Å². The molecule has 1 rings (SSSR count). The molecule has 0 bridgehead atoms. The fraction of sp³-hybridized carbons (Fsp3) is 0. The molecule has 0 heterocycles. The molecule has 0 fully saturated rings. The van der Waals surface area contributed by atoms with Gasteiger partial charge in [-0.25, -0.2) is 9.59 Å². The van der Waals surface area contributed by atoms with Crippen molar-refractivity contribution >= 4 is 18.1 Å². The van der Waals surface area contributed by atoms with E-state index in [1.807, 2.05) is 0 Å². The van der Waals surface area contributed by atoms with Crippen molar-refractivity contribution in [3.05, 3.63) is 35.4 Å². The summed E-state index contributed by atoms with van der Waals surface area (Å²) in [6.45, 7) is 0. The molecule has 7 nitrogen and oxygen atoms in total. The zero-order chi connectivity index (χ0) is 12.7. The number of carbonyl (C=O) groups excluding carboxylic acids is 1. The maximum Gasteiger partial charge on any atom is 1.00 e. The molecule has 0 amide bonds. The van der Waals surface area contributed by atoms with Crippen molar-refractivity contribution in [2.75, 3.05) is 0 Å². The van der Waals surface area contributed by atoms with Gasteiger partial charge in [0.05, 0.1) is 11.1 Å². The van der Waals surface area contributed by atoms with Crippen LogP contribution in [0.1, 0.15) is 20.7 Å². The number of carboxylic acids is 2. The van der Waals surface area contributed by atoms with Gasteiger partial charge in [0.2, 0.25) is 0 Å². The van der Waals surface area contributed by atoms with E-state index in [2.05, 4.69) is 0 Å². The van der Waals surface area contributed by atoms with Crippen LogP contribution in [-0.2, 0) is 0 Å². The van der Waals surface area contributed by atoms with E-state index in [-0.39, 0.29) is 114 Å². The summed E-state index contributed by atoms with van der Waals surface area (Å²) in [4.78, 5) is 29.0. The van der Waals surface area contributed by atoms with Gasteiger partial charge in [-0.15, -0.1) is 0 Å². The summed E-state index contributed by atoms with van der Waals surface area (Å²) >= 11 is 0. The van der Waals surface area contributed by atoms with E-state index in [0.717, 1.165) is 0 Å². The molecule has 0 aliphatic heterocycles. The molecule has 86 valence electrons. The van der Waals surface area contributed by atoms with Gasteiger partial charge in [-0.1, -0.05) is 0 Å². The SMILES string of the molecule is O=C(O)c1ccc(C(=O)O)cc1.O=C([O-])[O-].[K+].[K+]. The number of aromatic carboxylic acids is 2. The van der Waals surface area contributed by atoms with E-state index >= 15 is 0 Å². The second-order valence-corrected chi connectivity index (χ2v) is 2.44. The van der Waals surface area contributed by atoms with Gasteiger partial charge in [-0.05, 0) is 30.4 Å². The van der Waals surface area contributed by atoms with Gasteiger partial charge >= 0.3 is 115 Å². The van der Waals surface area contributed by atoms with Crippen molar-refractivity contribution in [1.82, 2.24) is 0 Å². The van der Waals surface area contributed by atoms with Gasteiger partial charge in [0.15, 0.2) is 0 Å². The summed E-state index contributed by atoms with van der Waals surface area (Å²) in [5.41, 5.74) is 0.167. The van der Waals surface area contributed by atoms with E-state index < -0.39 is 18.1 Å². The average molecular weight is 304 g/mol. The summed E-state index contributed by atoms with van der Waals surface area (Å²) < 4.78 is 0. The Balaban J connectivity index is -0.000000332. The van der Waals surface area contributed by atoms with Crippen molar-refractivity contribution in [2.24, 2.45) is 0 Å². The van der Waals surface area contributed by atoms with Gasteiger partial charge < -0.3 is 25.2 Å². The summed E-state index contributed by atoms with van der Waals surface area (Å²) in [5.74, 6) is -2.13. The smallest absolute Gasteiger partial charge is 0.652 e. The molecule has 1 aromatic carbocycles. The van der Waals surface area contributed by atoms with Crippen LogP contribution >= 0.6 is 0 Å². The Morgan fingerprint density at radius 1 is 0.778 bits per heavy atom. The van der Waals surface area contributed by atoms with E-state index in [0.29, 0.717) is 0 Å². The third-order valence-corrected chi connectivity index (χ3v) is 1.38. The minimum absolute atomic E-state index is 0. The Morgan fingerprint density at radius 2 is 0.944 bits per heavy atom. The van der Waals surface area contributed by atoms with Gasteiger partial charge in [-0.3, -0.25) is 0 Å². The first-order valence-corrected chi connectivity index (χ1v) is 3.79. The molecule has 0 radical (unpaired) electrons. The maximum atomic E-state index is 10.3. The van der Waals surface area contributed by atoms with Gasteiger partial charge in [0.25, 0.3) is 0 Å². The molecule has 0 aliphatic rings. The Labute approximate surface area is 187 Å². The van der Waals surface area contributed by atoms with Crippen LogP contribution in [0.25, 0.3) is 0 Å². The van der Waals surface area contributed by atoms with Crippen LogP contribution in [0.15, 0.2) is 24.3 Å². The normalized spacial score (nSPS) is 7.56. The second-order valence-electron chi connectivity index (χ2n) is 2.44. The first-order chi connectivity index (χ1) is 7.34. The molecule has 0 aliphatic carbocycles. The number of carboxylic acid groups (broad SMARTS) is 4. The van der Waals surface area contributed by atoms with Crippen LogP contribution in [0.3, 0.4) is 0 Å². The topological polar surface area (TPSA) is 138 Å². The summed E-state index contributed by atoms with van der Waals surface area (Å²) in [6, 6.07) is 5.02. The largest absolute Gasteiger partial charge is 1.00 e. The molecule has 18 heavy (non-hydrogen) atoms. The first-order valence-electron chi connectivity index (χ1n) is 3.79. The molecule has 2 N–H and O–H groups in total. The van der Waals surface area contributed by atoms with Crippen molar-refractivity contribution in [2.45, 2.75) is 0 Å². The molecule has 0 spiro atoms. The molecule has 9 heteroatoms. The van der Waals surface area contributed by atoms with Crippen LogP contribution in [0.2, 0.25) is 0 Å². The van der Waals surface area contributed by atoms with Gasteiger partial charge in [-0.2, -0.15) is 0 Å². The third kappa shape index (κ3) is 11.8. The Kier molecular flexibility index (Phi) is 16.8. The van der Waals surface area contributed by atoms with E-state index in [4.69, 9.17) is 25.2 Å². The van der Waals surface area contributed by atoms with E-state index in [1.54, 1.807) is 0 Å². The minimum Gasteiger partial charge on any atom is -0.652 e. The zero-order valence-corrected chi connectivity index (χ0v) is 16.0. The maximum absolute atomic E-state index is 10.3. The molecule has 0 saturated heterocycles. The van der Waals surface area contributed by atoms with E-state index in [9.17, 15) is 9.59 Å². The van der Waals surface area contributed by atoms with Crippen LogP contribution < -0.4 is 113 Å². The van der Waals surface area contributed by atoms with Crippen molar-refractivity contribution in [3.63, 3.8) is 0 Å². The number of benzene rings is 1. The Bertz CT molecular complexity index is 365. The molecule has 0 saturated carbocycles. The van der Waals surface area contributed by atoms with Crippen molar-refractivity contribution in [1.29, 1.82) is 0 Å². The monoisotopic (exact) mass is 304 g/mol. The molecule has 0 unspecified atom stereocenters. The standard InChI is InChI=1S/C8H6O4.CH2O3.2K/c9-7(10)5-1-2-6(4-3-5)8(11)12;2-1(3)4;;/h1-4H,(H,9,10)(H,11,12);(H2,2,3,4);;/q;;2*+1/p-2. The predicted molar refractivity (Wildman–Crippen MR) is 45.8 cm³/mol. The number of hydrogen-bond donors (Lipinski definition) is 2. The number of carbonyl (C=O) groups is 3. The quantitative estimate of drug-likeness (QED) is 0.518. The molecule has 0 atom stereocenters. The number of rotatable bonds is 2. The Morgan fingerprint density at radius 3 is 1.06 bits per heavy atom. The fourth-order valence-electron chi connectivity index (χ4n) is 0.755. The van der Waals surface area contributed by atoms with Crippen LogP contribution in [0.4, 0.5) is 4.79 Å². The first kappa shape index (κ1) is 23.8. The van der Waals surface area contributed by atoms with Gasteiger partial charge in [0.1, 0.15) is 0 Å². The number of hydrogen-bond acceptors (Lipinski definition) is 5. The molecule has 1 aromatic rings. The van der Waals surface area contributed by atoms with Gasteiger partial charge in [0, 0.05) is 0 Å². The third-order valence-electron chi connectivity index (χ3n) is 1.38. The van der Waals surface area contributed by atoms with Crippen LogP contribution in [0, 0.1) is 0 Å². The summed E-state index contributed by atoms with van der Waals surface area (Å²) in [5, 5.41) is 33.6. The fourth-order valence-corrected chi connectivity index (χ4v) is 0.755. The molecule has 0 aromatic heterocycles. The van der Waals surface area contributed by atoms with Crippen molar-refractivity contribution < 1.29 is 138 Å². The molecular weight excluding hydrogens is 298 g/mol. The average Bonchev–Trinajstić information content (AvgIpc) is 2.17. The van der Waals surface area contributed by atoms with Crippen LogP contribution in [-0.4, -0.2) is 28.3 Å². The summed E-state index contributed by atoms with van der Waals surface area (Å²) in [7, 11) is 0. The predicted octanol–water partition coefficient (Wildman–Crippen LogP) is -7.36.